The molecule has 2 rings (SSSR count). The summed E-state index contributed by atoms with van der Waals surface area (Å²) in [5.74, 6) is -0.691. The third kappa shape index (κ3) is 3.89. The Kier molecular flexibility index (Phi) is 4.39. The molecule has 0 saturated carbocycles. The molecule has 0 fully saturated rings. The fourth-order valence-corrected chi connectivity index (χ4v) is 2.70. The molecule has 0 aliphatic rings. The van der Waals surface area contributed by atoms with Crippen molar-refractivity contribution in [3.05, 3.63) is 53.1 Å². The Morgan fingerprint density at radius 3 is 2.52 bits per heavy atom. The van der Waals surface area contributed by atoms with Crippen molar-refractivity contribution in [1.82, 2.24) is 9.78 Å². The van der Waals surface area contributed by atoms with Crippen molar-refractivity contribution in [2.75, 3.05) is 0 Å². The van der Waals surface area contributed by atoms with E-state index in [1.165, 1.54) is 24.3 Å². The zero-order valence-corrected chi connectivity index (χ0v) is 12.3. The minimum absolute atomic E-state index is 0.0329. The van der Waals surface area contributed by atoms with E-state index in [1.807, 2.05) is 0 Å². The Hall–Kier alpha value is -2.19. The fourth-order valence-electron chi connectivity index (χ4n) is 1.54. The van der Waals surface area contributed by atoms with Crippen LogP contribution in [0.4, 0.5) is 0 Å². The molecule has 0 unspecified atom stereocenters. The zero-order chi connectivity index (χ0) is 15.5. The number of hydrogen-bond acceptors (Lipinski definition) is 4. The van der Waals surface area contributed by atoms with E-state index < -0.39 is 15.9 Å². The second-order valence-electron chi connectivity index (χ2n) is 4.02. The number of carbonyl (C=O) groups excluding carboxylic acids is 1. The van der Waals surface area contributed by atoms with Gasteiger partial charge >= 0.3 is 0 Å². The van der Waals surface area contributed by atoms with Crippen molar-refractivity contribution in [3.8, 4) is 0 Å². The molecule has 2 N–H and O–H groups in total. The van der Waals surface area contributed by atoms with Gasteiger partial charge in [-0.2, -0.15) is 13.5 Å². The smallest absolute Gasteiger partial charge is 0.284 e. The lowest BCUT2D eigenvalue weighted by Gasteiger charge is -2.04. The second-order valence-corrected chi connectivity index (χ2v) is 6.01. The molecule has 1 aromatic heterocycles. The van der Waals surface area contributed by atoms with Gasteiger partial charge < -0.3 is 5.73 Å². The van der Waals surface area contributed by atoms with E-state index in [0.29, 0.717) is 0 Å². The highest BCUT2D eigenvalue weighted by molar-refractivity contribution is 7.90. The third-order valence-corrected chi connectivity index (χ3v) is 3.91. The largest absolute Gasteiger partial charge is 0.368 e. The highest BCUT2D eigenvalue weighted by atomic mass is 35.5. The maximum absolute atomic E-state index is 12.2. The quantitative estimate of drug-likeness (QED) is 0.872. The summed E-state index contributed by atoms with van der Waals surface area (Å²) in [6, 6.07) is 10.4. The molecule has 1 amide bonds. The number of sulfonamides is 1. The van der Waals surface area contributed by atoms with Crippen LogP contribution >= 0.6 is 11.6 Å². The van der Waals surface area contributed by atoms with Crippen LogP contribution in [0, 0.1) is 0 Å². The fraction of sp³-hybridized carbons (Fsp3) is 0.0833. The van der Waals surface area contributed by atoms with E-state index in [0.717, 1.165) is 4.68 Å². The van der Waals surface area contributed by atoms with Crippen molar-refractivity contribution in [3.63, 3.8) is 0 Å². The van der Waals surface area contributed by atoms with Gasteiger partial charge in [0.1, 0.15) is 11.7 Å². The van der Waals surface area contributed by atoms with Crippen LogP contribution in [0.1, 0.15) is 0 Å². The number of halogens is 1. The van der Waals surface area contributed by atoms with Crippen LogP contribution in [0.2, 0.25) is 5.15 Å². The summed E-state index contributed by atoms with van der Waals surface area (Å²) in [4.78, 5) is 11.0. The number of rotatable bonds is 4. The summed E-state index contributed by atoms with van der Waals surface area (Å²) in [6.45, 7) is -0.330. The lowest BCUT2D eigenvalue weighted by atomic mass is 10.4. The average Bonchev–Trinajstić information content (AvgIpc) is 2.42. The molecule has 0 atom stereocenters. The topological polar surface area (TPSA) is 107 Å². The molecule has 0 aliphatic heterocycles. The maximum atomic E-state index is 12.2. The molecule has 0 bridgehead atoms. The number of benzene rings is 1. The minimum Gasteiger partial charge on any atom is -0.368 e. The molecule has 0 saturated heterocycles. The Labute approximate surface area is 125 Å². The molecule has 21 heavy (non-hydrogen) atoms. The Bertz CT molecular complexity index is 831. The van der Waals surface area contributed by atoms with E-state index in [1.54, 1.807) is 18.2 Å². The number of amides is 1. The van der Waals surface area contributed by atoms with Crippen molar-refractivity contribution >= 4 is 27.5 Å². The number of primary amides is 1. The monoisotopic (exact) mass is 326 g/mol. The van der Waals surface area contributed by atoms with Gasteiger partial charge in [0, 0.05) is 0 Å². The van der Waals surface area contributed by atoms with Crippen LogP contribution in [0.15, 0.2) is 51.8 Å². The molecular formula is C12H11ClN4O3S. The van der Waals surface area contributed by atoms with Gasteiger partial charge in [-0.15, -0.1) is 4.40 Å². The number of nitrogens with zero attached hydrogens (tertiary/aromatic N) is 3. The van der Waals surface area contributed by atoms with Gasteiger partial charge in [-0.3, -0.25) is 4.79 Å². The summed E-state index contributed by atoms with van der Waals surface area (Å²) in [5.41, 5.74) is 5.04. The molecule has 110 valence electrons. The average molecular weight is 327 g/mol. The number of nitrogens with two attached hydrogens (primary N) is 1. The minimum atomic E-state index is -3.92. The summed E-state index contributed by atoms with van der Waals surface area (Å²) in [6.07, 6.45) is 0. The molecule has 7 nitrogen and oxygen atoms in total. The molecule has 1 heterocycles. The molecular weight excluding hydrogens is 316 g/mol. The van der Waals surface area contributed by atoms with Crippen LogP contribution < -0.4 is 11.2 Å². The second kappa shape index (κ2) is 6.06. The maximum Gasteiger partial charge on any atom is 0.284 e. The Morgan fingerprint density at radius 1 is 1.24 bits per heavy atom. The van der Waals surface area contributed by atoms with Crippen LogP contribution in [-0.2, 0) is 21.4 Å². The van der Waals surface area contributed by atoms with Gasteiger partial charge in [0.15, 0.2) is 5.49 Å². The number of carbonyl (C=O) groups is 1. The van der Waals surface area contributed by atoms with E-state index >= 15 is 0 Å². The lowest BCUT2D eigenvalue weighted by Crippen LogP contribution is -2.31. The first-order valence-electron chi connectivity index (χ1n) is 5.76. The van der Waals surface area contributed by atoms with Gasteiger partial charge in [-0.25, -0.2) is 4.68 Å². The van der Waals surface area contributed by atoms with Crippen LogP contribution in [0.5, 0.6) is 0 Å². The number of aromatic nitrogens is 2. The zero-order valence-electron chi connectivity index (χ0n) is 10.7. The standard InChI is InChI=1S/C12H11ClN4O3S/c13-10-6-7-12(17(15-10)8-11(14)18)16-21(19,20)9-4-2-1-3-5-9/h1-7H,8H2,(H2,14,18)/b16-12-. The summed E-state index contributed by atoms with van der Waals surface area (Å²) in [5, 5.41) is 3.90. The van der Waals surface area contributed by atoms with Gasteiger partial charge in [-0.1, -0.05) is 29.8 Å². The molecule has 9 heteroatoms. The van der Waals surface area contributed by atoms with E-state index in [-0.39, 0.29) is 22.1 Å². The highest BCUT2D eigenvalue weighted by Crippen LogP contribution is 2.10. The van der Waals surface area contributed by atoms with Gasteiger partial charge in [0.25, 0.3) is 10.0 Å². The van der Waals surface area contributed by atoms with Gasteiger partial charge in [0.05, 0.1) is 4.90 Å². The Balaban J connectivity index is 2.58. The first-order valence-corrected chi connectivity index (χ1v) is 7.58. The van der Waals surface area contributed by atoms with Crippen LogP contribution in [0.3, 0.4) is 0 Å². The summed E-state index contributed by atoms with van der Waals surface area (Å²) in [7, 11) is -3.92. The first-order chi connectivity index (χ1) is 9.88. The summed E-state index contributed by atoms with van der Waals surface area (Å²) < 4.78 is 29.0. The predicted octanol–water partition coefficient (Wildman–Crippen LogP) is 0.311. The van der Waals surface area contributed by atoms with Crippen molar-refractivity contribution in [2.45, 2.75) is 11.4 Å². The summed E-state index contributed by atoms with van der Waals surface area (Å²) >= 11 is 5.71. The lowest BCUT2D eigenvalue weighted by molar-refractivity contribution is -0.118. The van der Waals surface area contributed by atoms with Gasteiger partial charge in [0.2, 0.25) is 5.91 Å². The van der Waals surface area contributed by atoms with E-state index in [9.17, 15) is 13.2 Å². The van der Waals surface area contributed by atoms with Crippen LogP contribution in [0.25, 0.3) is 0 Å². The van der Waals surface area contributed by atoms with Crippen molar-refractivity contribution in [2.24, 2.45) is 10.1 Å². The molecule has 0 spiro atoms. The Morgan fingerprint density at radius 2 is 1.90 bits per heavy atom. The first kappa shape index (κ1) is 15.2. The highest BCUT2D eigenvalue weighted by Gasteiger charge is 2.12. The van der Waals surface area contributed by atoms with Crippen molar-refractivity contribution < 1.29 is 13.2 Å². The third-order valence-electron chi connectivity index (χ3n) is 2.41. The van der Waals surface area contributed by atoms with Crippen molar-refractivity contribution in [1.29, 1.82) is 0 Å². The molecule has 0 radical (unpaired) electrons. The van der Waals surface area contributed by atoms with E-state index in [2.05, 4.69) is 9.50 Å². The SMILES string of the molecule is NC(=O)Cn1nc(Cl)cc/c1=N/S(=O)(=O)c1ccccc1. The molecule has 0 aliphatic carbocycles. The normalized spacial score (nSPS) is 12.3. The van der Waals surface area contributed by atoms with E-state index in [4.69, 9.17) is 17.3 Å². The number of hydrogen-bond donors (Lipinski definition) is 1. The predicted molar refractivity (Wildman–Crippen MR) is 75.6 cm³/mol. The molecule has 2 aromatic rings. The van der Waals surface area contributed by atoms with Crippen LogP contribution in [-0.4, -0.2) is 24.1 Å². The molecule has 1 aromatic carbocycles. The van der Waals surface area contributed by atoms with Gasteiger partial charge in [-0.05, 0) is 24.3 Å².